The number of carbonyl (C=O) groups excluding carboxylic acids is 1. The average molecular weight is 359 g/mol. The van der Waals surface area contributed by atoms with Gasteiger partial charge in [0, 0.05) is 25.7 Å². The zero-order valence-electron chi connectivity index (χ0n) is 14.3. The first-order valence-electron chi connectivity index (χ1n) is 8.29. The van der Waals surface area contributed by atoms with E-state index < -0.39 is 0 Å². The first-order chi connectivity index (χ1) is 11.1. The summed E-state index contributed by atoms with van der Waals surface area (Å²) in [4.78, 5) is 22.6. The summed E-state index contributed by atoms with van der Waals surface area (Å²) >= 11 is 7.38. The van der Waals surface area contributed by atoms with E-state index in [1.54, 1.807) is 6.07 Å². The third kappa shape index (κ3) is 7.88. The number of hydrogen-bond acceptors (Lipinski definition) is 5. The molecule has 0 aliphatic heterocycles. The molecule has 0 spiro atoms. The molecule has 7 heteroatoms. The minimum atomic E-state index is 0.0134. The molecule has 130 valence electrons. The Labute approximate surface area is 148 Å². The predicted molar refractivity (Wildman–Crippen MR) is 98.5 cm³/mol. The monoisotopic (exact) mass is 358 g/mol. The third-order valence-corrected chi connectivity index (χ3v) is 4.47. The Morgan fingerprint density at radius 1 is 1.22 bits per heavy atom. The van der Waals surface area contributed by atoms with Crippen LogP contribution in [0, 0.1) is 0 Å². The van der Waals surface area contributed by atoms with Crippen LogP contribution in [0.4, 0.5) is 5.82 Å². The Morgan fingerprint density at radius 3 is 2.61 bits per heavy atom. The van der Waals surface area contributed by atoms with Crippen LogP contribution < -0.4 is 10.2 Å². The van der Waals surface area contributed by atoms with Crippen molar-refractivity contribution < 1.29 is 4.79 Å². The molecular weight excluding hydrogens is 332 g/mol. The zero-order valence-corrected chi connectivity index (χ0v) is 15.8. The maximum absolute atomic E-state index is 11.8. The molecule has 0 unspecified atom stereocenters. The van der Waals surface area contributed by atoms with E-state index in [-0.39, 0.29) is 5.91 Å². The van der Waals surface area contributed by atoms with Crippen LogP contribution in [0.1, 0.15) is 46.5 Å². The van der Waals surface area contributed by atoms with Crippen molar-refractivity contribution in [2.75, 3.05) is 30.3 Å². The molecular formula is C16H27ClN4OS. The fourth-order valence-electron chi connectivity index (χ4n) is 2.12. The lowest BCUT2D eigenvalue weighted by atomic mass is 10.2. The molecule has 0 aliphatic carbocycles. The van der Waals surface area contributed by atoms with Gasteiger partial charge in [-0.25, -0.2) is 9.97 Å². The highest BCUT2D eigenvalue weighted by atomic mass is 35.5. The van der Waals surface area contributed by atoms with Gasteiger partial charge in [0.1, 0.15) is 11.0 Å². The van der Waals surface area contributed by atoms with Gasteiger partial charge in [0.05, 0.1) is 5.75 Å². The molecule has 0 bridgehead atoms. The number of rotatable bonds is 11. The molecule has 0 atom stereocenters. The largest absolute Gasteiger partial charge is 0.357 e. The van der Waals surface area contributed by atoms with Gasteiger partial charge in [0.2, 0.25) is 5.91 Å². The molecule has 1 amide bonds. The molecule has 23 heavy (non-hydrogen) atoms. The van der Waals surface area contributed by atoms with Crippen LogP contribution in [-0.2, 0) is 4.79 Å². The molecule has 0 radical (unpaired) electrons. The minimum absolute atomic E-state index is 0.0134. The van der Waals surface area contributed by atoms with Gasteiger partial charge < -0.3 is 10.2 Å². The minimum Gasteiger partial charge on any atom is -0.357 e. The second-order valence-electron chi connectivity index (χ2n) is 5.20. The smallest absolute Gasteiger partial charge is 0.230 e. The molecule has 0 saturated heterocycles. The molecule has 0 saturated carbocycles. The Balaban J connectivity index is 2.46. The zero-order chi connectivity index (χ0) is 17.1. The molecule has 0 aromatic carbocycles. The molecule has 0 aliphatic rings. The van der Waals surface area contributed by atoms with Crippen molar-refractivity contribution in [3.05, 3.63) is 11.2 Å². The Morgan fingerprint density at radius 2 is 1.96 bits per heavy atom. The van der Waals surface area contributed by atoms with Gasteiger partial charge >= 0.3 is 0 Å². The van der Waals surface area contributed by atoms with Gasteiger partial charge in [-0.05, 0) is 20.3 Å². The SMILES string of the molecule is CCCCCCNC(=O)CSc1nc(Cl)cc(N(CC)CC)n1. The number of halogens is 1. The number of unbranched alkanes of at least 4 members (excludes halogenated alkanes) is 3. The molecule has 1 heterocycles. The van der Waals surface area contributed by atoms with Gasteiger partial charge in [-0.2, -0.15) is 0 Å². The number of thioether (sulfide) groups is 1. The summed E-state index contributed by atoms with van der Waals surface area (Å²) in [6, 6.07) is 1.76. The first-order valence-corrected chi connectivity index (χ1v) is 9.66. The molecule has 0 fully saturated rings. The number of anilines is 1. The van der Waals surface area contributed by atoms with Crippen LogP contribution in [0.25, 0.3) is 0 Å². The van der Waals surface area contributed by atoms with Crippen LogP contribution in [0.5, 0.6) is 0 Å². The van der Waals surface area contributed by atoms with Crippen molar-refractivity contribution >= 4 is 35.1 Å². The topological polar surface area (TPSA) is 58.1 Å². The Hall–Kier alpha value is -1.01. The third-order valence-electron chi connectivity index (χ3n) is 3.43. The summed E-state index contributed by atoms with van der Waals surface area (Å²) < 4.78 is 0. The molecule has 1 rings (SSSR count). The molecule has 1 aromatic heterocycles. The highest BCUT2D eigenvalue weighted by molar-refractivity contribution is 7.99. The van der Waals surface area contributed by atoms with E-state index in [1.165, 1.54) is 24.6 Å². The summed E-state index contributed by atoms with van der Waals surface area (Å²) in [5.74, 6) is 1.13. The normalized spacial score (nSPS) is 10.6. The fourth-order valence-corrected chi connectivity index (χ4v) is 3.03. The predicted octanol–water partition coefficient (Wildman–Crippen LogP) is 3.76. The summed E-state index contributed by atoms with van der Waals surface area (Å²) in [6.45, 7) is 8.75. The van der Waals surface area contributed by atoms with Crippen LogP contribution in [0.3, 0.4) is 0 Å². The first kappa shape index (κ1) is 20.0. The van der Waals surface area contributed by atoms with Crippen molar-refractivity contribution in [1.82, 2.24) is 15.3 Å². The van der Waals surface area contributed by atoms with E-state index in [2.05, 4.69) is 41.0 Å². The summed E-state index contributed by atoms with van der Waals surface area (Å²) in [5.41, 5.74) is 0. The molecule has 1 N–H and O–H groups in total. The number of hydrogen-bond donors (Lipinski definition) is 1. The maximum atomic E-state index is 11.8. The van der Waals surface area contributed by atoms with E-state index in [1.807, 2.05) is 0 Å². The van der Waals surface area contributed by atoms with Crippen LogP contribution >= 0.6 is 23.4 Å². The van der Waals surface area contributed by atoms with Gasteiger partial charge in [-0.15, -0.1) is 0 Å². The van der Waals surface area contributed by atoms with Gasteiger partial charge in [-0.1, -0.05) is 49.5 Å². The highest BCUT2D eigenvalue weighted by Gasteiger charge is 2.10. The van der Waals surface area contributed by atoms with Crippen LogP contribution in [-0.4, -0.2) is 41.3 Å². The Bertz CT molecular complexity index is 483. The Kier molecular flexibility index (Phi) is 10.0. The lowest BCUT2D eigenvalue weighted by molar-refractivity contribution is -0.118. The highest BCUT2D eigenvalue weighted by Crippen LogP contribution is 2.21. The average Bonchev–Trinajstić information content (AvgIpc) is 2.53. The standard InChI is InChI=1S/C16H27ClN4OS/c1-4-7-8-9-10-18-15(22)12-23-16-19-13(17)11-14(20-16)21(5-2)6-3/h11H,4-10,12H2,1-3H3,(H,18,22). The number of nitrogens with zero attached hydrogens (tertiary/aromatic N) is 3. The van der Waals surface area contributed by atoms with Crippen molar-refractivity contribution in [3.8, 4) is 0 Å². The van der Waals surface area contributed by atoms with E-state index in [0.717, 1.165) is 38.3 Å². The number of amides is 1. The summed E-state index contributed by atoms with van der Waals surface area (Å²) in [7, 11) is 0. The fraction of sp³-hybridized carbons (Fsp3) is 0.688. The second kappa shape index (κ2) is 11.5. The van der Waals surface area contributed by atoms with Gasteiger partial charge in [0.15, 0.2) is 5.16 Å². The van der Waals surface area contributed by atoms with Crippen molar-refractivity contribution in [2.45, 2.75) is 51.6 Å². The molecule has 1 aromatic rings. The summed E-state index contributed by atoms with van der Waals surface area (Å²) in [5, 5.41) is 3.88. The van der Waals surface area contributed by atoms with Crippen molar-refractivity contribution in [1.29, 1.82) is 0 Å². The van der Waals surface area contributed by atoms with E-state index in [9.17, 15) is 4.79 Å². The lowest BCUT2D eigenvalue weighted by Crippen LogP contribution is -2.26. The van der Waals surface area contributed by atoms with Crippen LogP contribution in [0.2, 0.25) is 5.15 Å². The van der Waals surface area contributed by atoms with E-state index in [4.69, 9.17) is 11.6 Å². The number of aromatic nitrogens is 2. The van der Waals surface area contributed by atoms with Crippen LogP contribution in [0.15, 0.2) is 11.2 Å². The summed E-state index contributed by atoms with van der Waals surface area (Å²) in [6.07, 6.45) is 4.61. The van der Waals surface area contributed by atoms with E-state index in [0.29, 0.717) is 16.1 Å². The maximum Gasteiger partial charge on any atom is 0.230 e. The van der Waals surface area contributed by atoms with Crippen molar-refractivity contribution in [3.63, 3.8) is 0 Å². The van der Waals surface area contributed by atoms with Crippen molar-refractivity contribution in [2.24, 2.45) is 0 Å². The van der Waals surface area contributed by atoms with Gasteiger partial charge in [0.25, 0.3) is 0 Å². The lowest BCUT2D eigenvalue weighted by Gasteiger charge is -2.20. The van der Waals surface area contributed by atoms with E-state index >= 15 is 0 Å². The quantitative estimate of drug-likeness (QED) is 0.282. The second-order valence-corrected chi connectivity index (χ2v) is 6.53. The molecule has 5 nitrogen and oxygen atoms in total. The number of carbonyl (C=O) groups is 1. The number of nitrogens with one attached hydrogen (secondary N) is 1. The van der Waals surface area contributed by atoms with Gasteiger partial charge in [-0.3, -0.25) is 4.79 Å².